The first-order valence-corrected chi connectivity index (χ1v) is 27.4. The number of ether oxygens (including phenoxy) is 2. The Morgan fingerprint density at radius 2 is 0.652 bits per heavy atom. The summed E-state index contributed by atoms with van der Waals surface area (Å²) in [7, 11) is 0. The fraction of sp³-hybridized carbons (Fsp3) is 0.672. The lowest BCUT2D eigenvalue weighted by atomic mass is 10.0. The Morgan fingerprint density at radius 1 is 0.364 bits per heavy atom. The molecule has 0 heterocycles. The molecule has 0 amide bonds. The van der Waals surface area contributed by atoms with Crippen LogP contribution < -0.4 is 0 Å². The molecular weight excluding hydrogens is 813 g/mol. The Morgan fingerprint density at radius 3 is 0.985 bits per heavy atom. The third-order valence-electron chi connectivity index (χ3n) is 11.5. The van der Waals surface area contributed by atoms with Crippen molar-refractivity contribution in [2.45, 2.75) is 251 Å². The number of hydrogen-bond acceptors (Lipinski definition) is 5. The number of aliphatic hydroxyl groups is 1. The van der Waals surface area contributed by atoms with Gasteiger partial charge in [0, 0.05) is 12.8 Å². The van der Waals surface area contributed by atoms with Crippen molar-refractivity contribution < 1.29 is 24.2 Å². The highest BCUT2D eigenvalue weighted by Gasteiger charge is 2.16. The number of esters is 2. The van der Waals surface area contributed by atoms with Gasteiger partial charge in [-0.3, -0.25) is 9.59 Å². The molecule has 0 spiro atoms. The number of hydrogen-bond donors (Lipinski definition) is 1. The number of rotatable bonds is 49. The van der Waals surface area contributed by atoms with Crippen LogP contribution in [0, 0.1) is 0 Å². The van der Waals surface area contributed by atoms with Gasteiger partial charge in [0.05, 0.1) is 6.61 Å². The minimum absolute atomic E-state index is 0.0756. The molecule has 0 bridgehead atoms. The average Bonchev–Trinajstić information content (AvgIpc) is 3.32. The highest BCUT2D eigenvalue weighted by atomic mass is 16.6. The summed E-state index contributed by atoms with van der Waals surface area (Å²) >= 11 is 0. The van der Waals surface area contributed by atoms with Crippen LogP contribution in [-0.2, 0) is 19.1 Å². The molecule has 0 saturated carbocycles. The van der Waals surface area contributed by atoms with Crippen molar-refractivity contribution in [3.8, 4) is 0 Å². The lowest BCUT2D eigenvalue weighted by molar-refractivity contribution is -0.161. The third-order valence-corrected chi connectivity index (χ3v) is 11.5. The summed E-state index contributed by atoms with van der Waals surface area (Å²) in [5, 5.41) is 9.61. The minimum Gasteiger partial charge on any atom is -0.462 e. The maximum atomic E-state index is 12.3. The number of carbonyl (C=O) groups is 2. The first-order chi connectivity index (χ1) is 32.6. The lowest BCUT2D eigenvalue weighted by Crippen LogP contribution is -2.28. The van der Waals surface area contributed by atoms with Crippen molar-refractivity contribution in [1.82, 2.24) is 0 Å². The quantitative estimate of drug-likeness (QED) is 0.0374. The van der Waals surface area contributed by atoms with E-state index in [1.54, 1.807) is 0 Å². The van der Waals surface area contributed by atoms with Crippen molar-refractivity contribution in [3.05, 3.63) is 109 Å². The summed E-state index contributed by atoms with van der Waals surface area (Å²) in [4.78, 5) is 24.4. The second-order valence-electron chi connectivity index (χ2n) is 17.9. The van der Waals surface area contributed by atoms with E-state index in [-0.39, 0.29) is 25.2 Å². The van der Waals surface area contributed by atoms with Gasteiger partial charge in [-0.15, -0.1) is 0 Å². The zero-order chi connectivity index (χ0) is 47.7. The van der Waals surface area contributed by atoms with Crippen molar-refractivity contribution in [2.75, 3.05) is 13.2 Å². The van der Waals surface area contributed by atoms with Gasteiger partial charge in [0.1, 0.15) is 6.61 Å². The van der Waals surface area contributed by atoms with Crippen molar-refractivity contribution in [2.24, 2.45) is 0 Å². The first kappa shape index (κ1) is 62.6. The Labute approximate surface area is 408 Å². The van der Waals surface area contributed by atoms with Gasteiger partial charge in [0.25, 0.3) is 0 Å². The van der Waals surface area contributed by atoms with E-state index < -0.39 is 6.10 Å². The molecule has 0 fully saturated rings. The monoisotopic (exact) mass is 915 g/mol. The van der Waals surface area contributed by atoms with E-state index in [1.807, 2.05) is 0 Å². The largest absolute Gasteiger partial charge is 0.462 e. The van der Waals surface area contributed by atoms with Crippen molar-refractivity contribution in [1.29, 1.82) is 0 Å². The van der Waals surface area contributed by atoms with E-state index in [2.05, 4.69) is 123 Å². The van der Waals surface area contributed by atoms with E-state index >= 15 is 0 Å². The molecule has 0 rings (SSSR count). The van der Waals surface area contributed by atoms with E-state index in [0.717, 1.165) is 103 Å². The number of allylic oxidation sites excluding steroid dienone is 18. The minimum atomic E-state index is -0.781. The summed E-state index contributed by atoms with van der Waals surface area (Å²) < 4.78 is 10.6. The van der Waals surface area contributed by atoms with Crippen LogP contribution in [0.5, 0.6) is 0 Å². The van der Waals surface area contributed by atoms with Crippen LogP contribution in [0.2, 0.25) is 0 Å². The zero-order valence-corrected chi connectivity index (χ0v) is 42.9. The highest BCUT2D eigenvalue weighted by molar-refractivity contribution is 5.70. The zero-order valence-electron chi connectivity index (χ0n) is 42.9. The number of unbranched alkanes of at least 4 members (excludes halogenated alkanes) is 23. The Kier molecular flexibility index (Phi) is 53.0. The molecule has 1 unspecified atom stereocenters. The SMILES string of the molecule is CC/C=C\C/C=C\C/C=C\C/C=C\C/C=C\C/C=C\C/C=C\CCCCCCCCCCCCCCCCCCCC(=O)OC(CO)COC(=O)CCCCCCC/C=C\C/C=C\CCC. The molecule has 1 atom stereocenters. The van der Waals surface area contributed by atoms with E-state index in [9.17, 15) is 14.7 Å². The van der Waals surface area contributed by atoms with E-state index in [0.29, 0.717) is 12.8 Å². The van der Waals surface area contributed by atoms with Gasteiger partial charge >= 0.3 is 11.9 Å². The Balaban J connectivity index is 3.48. The fourth-order valence-corrected chi connectivity index (χ4v) is 7.46. The molecule has 0 aliphatic carbocycles. The summed E-state index contributed by atoms with van der Waals surface area (Å²) in [6.45, 7) is 3.95. The summed E-state index contributed by atoms with van der Waals surface area (Å²) in [6, 6.07) is 0. The van der Waals surface area contributed by atoms with Crippen molar-refractivity contribution in [3.63, 3.8) is 0 Å². The topological polar surface area (TPSA) is 72.8 Å². The highest BCUT2D eigenvalue weighted by Crippen LogP contribution is 2.16. The molecule has 66 heavy (non-hydrogen) atoms. The molecule has 0 aromatic rings. The first-order valence-electron chi connectivity index (χ1n) is 27.4. The van der Waals surface area contributed by atoms with E-state index in [4.69, 9.17) is 9.47 Å². The molecule has 0 aliphatic heterocycles. The molecule has 0 radical (unpaired) electrons. The van der Waals surface area contributed by atoms with Crippen LogP contribution >= 0.6 is 0 Å². The Hall–Kier alpha value is -3.44. The smallest absolute Gasteiger partial charge is 0.306 e. The predicted octanol–water partition coefficient (Wildman–Crippen LogP) is 18.5. The van der Waals surface area contributed by atoms with E-state index in [1.165, 1.54) is 116 Å². The van der Waals surface area contributed by atoms with Gasteiger partial charge in [0.15, 0.2) is 6.10 Å². The van der Waals surface area contributed by atoms with Gasteiger partial charge in [-0.25, -0.2) is 0 Å². The number of aliphatic hydroxyl groups excluding tert-OH is 1. The van der Waals surface area contributed by atoms with Crippen LogP contribution in [-0.4, -0.2) is 36.4 Å². The molecule has 5 nitrogen and oxygen atoms in total. The molecule has 0 aromatic carbocycles. The van der Waals surface area contributed by atoms with Crippen LogP contribution in [0.25, 0.3) is 0 Å². The Bertz CT molecular complexity index is 1310. The van der Waals surface area contributed by atoms with Gasteiger partial charge < -0.3 is 14.6 Å². The van der Waals surface area contributed by atoms with Crippen LogP contribution in [0.15, 0.2) is 109 Å². The second kappa shape index (κ2) is 55.9. The summed E-state index contributed by atoms with van der Waals surface area (Å²) in [5.74, 6) is -0.607. The molecule has 0 aliphatic rings. The van der Waals surface area contributed by atoms with Gasteiger partial charge in [-0.1, -0.05) is 245 Å². The van der Waals surface area contributed by atoms with Crippen LogP contribution in [0.3, 0.4) is 0 Å². The second-order valence-corrected chi connectivity index (χ2v) is 17.9. The van der Waals surface area contributed by atoms with Crippen LogP contribution in [0.1, 0.15) is 245 Å². The van der Waals surface area contributed by atoms with Gasteiger partial charge in [-0.05, 0) is 96.3 Å². The standard InChI is InChI=1S/C61H102O5/c1-3-5-7-9-11-13-15-17-18-19-20-21-22-23-24-25-26-27-28-29-30-31-32-33-34-35-36-37-38-39-40-41-42-44-46-48-50-52-54-56-61(64)66-59(57-62)58-65-60(63)55-53-51-49-47-45-43-16-14-12-10-8-6-4-2/h5,7-8,10-11,13-14,16-18,20-21,23-24,26-27,29-30,59,62H,3-4,6,9,12,15,19,22,25,28,31-58H2,1-2H3/b7-5-,10-8-,13-11-,16-14-,18-17-,21-20-,24-23-,27-26-,30-29-. The maximum absolute atomic E-state index is 12.3. The molecule has 0 aromatic heterocycles. The molecule has 376 valence electrons. The normalized spacial score (nSPS) is 13.1. The predicted molar refractivity (Wildman–Crippen MR) is 288 cm³/mol. The molecule has 1 N–H and O–H groups in total. The van der Waals surface area contributed by atoms with Gasteiger partial charge in [0.2, 0.25) is 0 Å². The fourth-order valence-electron chi connectivity index (χ4n) is 7.46. The molecule has 5 heteroatoms. The van der Waals surface area contributed by atoms with Crippen LogP contribution in [0.4, 0.5) is 0 Å². The summed E-state index contributed by atoms with van der Waals surface area (Å²) in [5.41, 5.74) is 0. The number of carbonyl (C=O) groups excluding carboxylic acids is 2. The van der Waals surface area contributed by atoms with Gasteiger partial charge in [-0.2, -0.15) is 0 Å². The maximum Gasteiger partial charge on any atom is 0.306 e. The van der Waals surface area contributed by atoms with Crippen molar-refractivity contribution >= 4 is 11.9 Å². The molecular formula is C61H102O5. The summed E-state index contributed by atoms with van der Waals surface area (Å²) in [6.07, 6.45) is 80.7. The third kappa shape index (κ3) is 53.2. The average molecular weight is 915 g/mol. The molecule has 0 saturated heterocycles. The lowest BCUT2D eigenvalue weighted by Gasteiger charge is -2.15.